The molecule has 12 N–H and O–H groups in total. The van der Waals surface area contributed by atoms with E-state index in [1.54, 1.807) is 30.3 Å². The first-order chi connectivity index (χ1) is 19.5. The van der Waals surface area contributed by atoms with Gasteiger partial charge in [0.05, 0.1) is 18.8 Å². The number of aromatic amines is 1. The number of H-pyrrole nitrogens is 1. The topological polar surface area (TPSA) is 281 Å². The van der Waals surface area contributed by atoms with Crippen LogP contribution in [0.1, 0.15) is 30.5 Å². The molecule has 16 heteroatoms. The first-order valence-corrected chi connectivity index (χ1v) is 12.6. The summed E-state index contributed by atoms with van der Waals surface area (Å²) >= 11 is 0. The highest BCUT2D eigenvalue weighted by molar-refractivity contribution is 5.95. The fourth-order valence-corrected chi connectivity index (χ4v) is 3.75. The summed E-state index contributed by atoms with van der Waals surface area (Å²) in [6.07, 6.45) is 2.31. The predicted molar refractivity (Wildman–Crippen MR) is 146 cm³/mol. The van der Waals surface area contributed by atoms with E-state index in [1.165, 1.54) is 12.5 Å². The maximum absolute atomic E-state index is 13.2. The van der Waals surface area contributed by atoms with Crippen molar-refractivity contribution in [2.45, 2.75) is 56.3 Å². The number of nitrogens with one attached hydrogen (secondary N) is 4. The molecule has 0 aliphatic carbocycles. The smallest absolute Gasteiger partial charge is 0.326 e. The van der Waals surface area contributed by atoms with E-state index < -0.39 is 60.2 Å². The number of carboxylic acids is 2. The van der Waals surface area contributed by atoms with Gasteiger partial charge in [0.15, 0.2) is 5.96 Å². The number of aromatic nitrogens is 2. The quantitative estimate of drug-likeness (QED) is 0.0545. The van der Waals surface area contributed by atoms with E-state index in [0.29, 0.717) is 11.3 Å². The molecule has 2 aromatic rings. The fraction of sp³-hybridized carbons (Fsp3) is 0.400. The van der Waals surface area contributed by atoms with Crippen molar-refractivity contribution >= 4 is 35.6 Å². The second-order valence-electron chi connectivity index (χ2n) is 9.15. The summed E-state index contributed by atoms with van der Waals surface area (Å²) in [5, 5.41) is 26.1. The number of carbonyl (C=O) groups is 5. The van der Waals surface area contributed by atoms with Crippen molar-refractivity contribution in [3.63, 3.8) is 0 Å². The molecule has 0 aliphatic rings. The van der Waals surface area contributed by atoms with E-state index >= 15 is 0 Å². The minimum absolute atomic E-state index is 0.00419. The molecule has 222 valence electrons. The zero-order chi connectivity index (χ0) is 30.4. The lowest BCUT2D eigenvalue weighted by atomic mass is 10.0. The van der Waals surface area contributed by atoms with Gasteiger partial charge in [-0.05, 0) is 18.4 Å². The molecule has 41 heavy (non-hydrogen) atoms. The minimum Gasteiger partial charge on any atom is -0.481 e. The van der Waals surface area contributed by atoms with Crippen LogP contribution in [0, 0.1) is 0 Å². The molecule has 3 amide bonds. The lowest BCUT2D eigenvalue weighted by Crippen LogP contribution is -2.58. The number of guanidine groups is 1. The third-order valence-corrected chi connectivity index (χ3v) is 5.82. The van der Waals surface area contributed by atoms with Crippen LogP contribution in [0.3, 0.4) is 0 Å². The highest BCUT2D eigenvalue weighted by Gasteiger charge is 2.31. The number of imidazole rings is 1. The number of rotatable bonds is 17. The number of carbonyl (C=O) groups excluding carboxylic acids is 3. The molecule has 0 spiro atoms. The van der Waals surface area contributed by atoms with Crippen LogP contribution >= 0.6 is 0 Å². The average molecular weight is 574 g/mol. The summed E-state index contributed by atoms with van der Waals surface area (Å²) in [5.74, 6) is -5.44. The number of carboxylic acid groups (broad SMARTS) is 2. The normalized spacial score (nSPS) is 13.6. The molecule has 1 aromatic carbocycles. The van der Waals surface area contributed by atoms with Crippen LogP contribution in [0.5, 0.6) is 0 Å². The van der Waals surface area contributed by atoms with Crippen LogP contribution in [0.4, 0.5) is 0 Å². The van der Waals surface area contributed by atoms with Crippen LogP contribution in [0.2, 0.25) is 0 Å². The molecule has 1 heterocycles. The minimum atomic E-state index is -1.58. The Kier molecular flexibility index (Phi) is 12.7. The van der Waals surface area contributed by atoms with E-state index in [0.717, 1.165) is 0 Å². The van der Waals surface area contributed by atoms with E-state index in [9.17, 15) is 34.2 Å². The molecular weight excluding hydrogens is 538 g/mol. The third-order valence-electron chi connectivity index (χ3n) is 5.82. The van der Waals surface area contributed by atoms with Gasteiger partial charge < -0.3 is 48.3 Å². The Labute approximate surface area is 235 Å². The Bertz CT molecular complexity index is 1200. The van der Waals surface area contributed by atoms with Gasteiger partial charge in [-0.2, -0.15) is 0 Å². The number of hydrogen-bond acceptors (Lipinski definition) is 8. The molecule has 2 rings (SSSR count). The molecule has 0 fully saturated rings. The monoisotopic (exact) mass is 573 g/mol. The van der Waals surface area contributed by atoms with E-state index in [4.69, 9.17) is 17.2 Å². The average Bonchev–Trinajstić information content (AvgIpc) is 3.42. The maximum Gasteiger partial charge on any atom is 0.326 e. The van der Waals surface area contributed by atoms with Gasteiger partial charge in [0.25, 0.3) is 0 Å². The number of nitrogens with two attached hydrogens (primary N) is 3. The number of hydrogen-bond donors (Lipinski definition) is 9. The molecule has 0 saturated heterocycles. The third kappa shape index (κ3) is 11.7. The van der Waals surface area contributed by atoms with Crippen molar-refractivity contribution in [3.05, 3.63) is 54.1 Å². The van der Waals surface area contributed by atoms with E-state index in [1.807, 2.05) is 0 Å². The highest BCUT2D eigenvalue weighted by Crippen LogP contribution is 2.07. The van der Waals surface area contributed by atoms with Gasteiger partial charge in [0.2, 0.25) is 17.7 Å². The molecule has 4 atom stereocenters. The summed E-state index contributed by atoms with van der Waals surface area (Å²) in [7, 11) is 0. The summed E-state index contributed by atoms with van der Waals surface area (Å²) in [5.41, 5.74) is 17.6. The zero-order valence-electron chi connectivity index (χ0n) is 22.2. The molecule has 1 aromatic heterocycles. The lowest BCUT2D eigenvalue weighted by molar-refractivity contribution is -0.143. The van der Waals surface area contributed by atoms with Crippen LogP contribution in [-0.2, 0) is 36.8 Å². The number of nitrogens with zero attached hydrogens (tertiary/aromatic N) is 2. The summed E-state index contributed by atoms with van der Waals surface area (Å²) in [6, 6.07) is 3.24. The number of benzene rings is 1. The Hall–Kier alpha value is -4.99. The Morgan fingerprint density at radius 3 is 2.12 bits per heavy atom. The first-order valence-electron chi connectivity index (χ1n) is 12.6. The van der Waals surface area contributed by atoms with Gasteiger partial charge in [-0.3, -0.25) is 24.2 Å². The molecule has 16 nitrogen and oxygen atoms in total. The van der Waals surface area contributed by atoms with Gasteiger partial charge in [0, 0.05) is 31.3 Å². The van der Waals surface area contributed by atoms with Crippen LogP contribution in [-0.4, -0.2) is 86.5 Å². The second-order valence-corrected chi connectivity index (χ2v) is 9.15. The van der Waals surface area contributed by atoms with Crippen molar-refractivity contribution in [3.8, 4) is 0 Å². The van der Waals surface area contributed by atoms with Gasteiger partial charge >= 0.3 is 11.9 Å². The van der Waals surface area contributed by atoms with Crippen LogP contribution in [0.25, 0.3) is 0 Å². The van der Waals surface area contributed by atoms with Crippen LogP contribution in [0.15, 0.2) is 47.8 Å². The number of aliphatic imine (C=N–C) groups is 1. The first kappa shape index (κ1) is 32.2. The lowest BCUT2D eigenvalue weighted by Gasteiger charge is -2.25. The molecule has 4 unspecified atom stereocenters. The van der Waals surface area contributed by atoms with Gasteiger partial charge in [-0.15, -0.1) is 0 Å². The standard InChI is InChI=1S/C25H35N9O7/c26-16(10-15-12-29-13-31-15)21(37)33-19(11-20(35)36)23(39)34-18(9-14-5-2-1-3-6-14)22(38)32-17(24(40)41)7-4-8-30-25(27)28/h1-3,5-6,12-13,16-19H,4,7-11,26H2,(H,29,31)(H,32,38)(H,33,37)(H,34,39)(H,35,36)(H,40,41)(H4,27,28,30). The maximum atomic E-state index is 13.2. The molecule has 0 aliphatic heterocycles. The Balaban J connectivity index is 2.18. The van der Waals surface area contributed by atoms with Crippen molar-refractivity contribution in [2.24, 2.45) is 22.2 Å². The predicted octanol–water partition coefficient (Wildman–Crippen LogP) is -2.41. The summed E-state index contributed by atoms with van der Waals surface area (Å²) < 4.78 is 0. The molecule has 0 saturated carbocycles. The second kappa shape index (κ2) is 16.2. The highest BCUT2D eigenvalue weighted by atomic mass is 16.4. The van der Waals surface area contributed by atoms with Crippen molar-refractivity contribution in [2.75, 3.05) is 6.54 Å². The van der Waals surface area contributed by atoms with Gasteiger partial charge in [-0.1, -0.05) is 30.3 Å². The summed E-state index contributed by atoms with van der Waals surface area (Å²) in [6.45, 7) is 0.144. The summed E-state index contributed by atoms with van der Waals surface area (Å²) in [4.78, 5) is 72.7. The SMILES string of the molecule is NC(N)=NCCCC(NC(=O)C(Cc1ccccc1)NC(=O)C(CC(=O)O)NC(=O)C(N)Cc1cnc[nH]1)C(=O)O. The van der Waals surface area contributed by atoms with Gasteiger partial charge in [-0.25, -0.2) is 9.78 Å². The molecule has 0 bridgehead atoms. The van der Waals surface area contributed by atoms with Crippen molar-refractivity contribution in [1.29, 1.82) is 0 Å². The Morgan fingerprint density at radius 2 is 1.54 bits per heavy atom. The number of aliphatic carboxylic acids is 2. The fourth-order valence-electron chi connectivity index (χ4n) is 3.75. The molecule has 0 radical (unpaired) electrons. The zero-order valence-corrected chi connectivity index (χ0v) is 22.2. The van der Waals surface area contributed by atoms with Crippen molar-refractivity contribution in [1.82, 2.24) is 25.9 Å². The molecular formula is C25H35N9O7. The largest absolute Gasteiger partial charge is 0.481 e. The van der Waals surface area contributed by atoms with Gasteiger partial charge in [0.1, 0.15) is 18.1 Å². The van der Waals surface area contributed by atoms with E-state index in [-0.39, 0.29) is 38.2 Å². The Morgan fingerprint density at radius 1 is 0.902 bits per heavy atom. The number of amides is 3. The van der Waals surface area contributed by atoms with Crippen LogP contribution < -0.4 is 33.2 Å². The van der Waals surface area contributed by atoms with Crippen molar-refractivity contribution < 1.29 is 34.2 Å². The van der Waals surface area contributed by atoms with E-state index in [2.05, 4.69) is 30.9 Å².